The van der Waals surface area contributed by atoms with Crippen LogP contribution in [0.2, 0.25) is 5.02 Å². The highest BCUT2D eigenvalue weighted by Gasteiger charge is 2.54. The van der Waals surface area contributed by atoms with Crippen molar-refractivity contribution in [1.29, 1.82) is 0 Å². The Hall–Kier alpha value is -1.06. The Balaban J connectivity index is 2.47. The van der Waals surface area contributed by atoms with E-state index in [1.54, 1.807) is 24.3 Å². The summed E-state index contributed by atoms with van der Waals surface area (Å²) in [6.45, 7) is 3.87. The number of ether oxygens (including phenoxy) is 1. The van der Waals surface area contributed by atoms with Crippen LogP contribution in [0.1, 0.15) is 32.3 Å². The summed E-state index contributed by atoms with van der Waals surface area (Å²) in [5.74, 6) is -0.829. The van der Waals surface area contributed by atoms with E-state index < -0.39 is 11.5 Å². The Morgan fingerprint density at radius 3 is 2.30 bits per heavy atom. The molecule has 1 fully saturated rings. The van der Waals surface area contributed by atoms with Crippen LogP contribution in [0, 0.1) is 17.8 Å². The van der Waals surface area contributed by atoms with E-state index in [0.717, 1.165) is 18.4 Å². The molecule has 1 saturated carbocycles. The molecule has 2 rings (SSSR count). The largest absolute Gasteiger partial charge is 0.469 e. The normalized spacial score (nSPS) is 19.5. The second-order valence-electron chi connectivity index (χ2n) is 5.85. The van der Waals surface area contributed by atoms with E-state index >= 15 is 0 Å². The van der Waals surface area contributed by atoms with E-state index in [1.807, 2.05) is 13.8 Å². The molecule has 0 aliphatic heterocycles. The zero-order chi connectivity index (χ0) is 14.9. The molecule has 0 spiro atoms. The number of aliphatic hydroxyl groups is 1. The Bertz CT molecular complexity index is 479. The van der Waals surface area contributed by atoms with Crippen molar-refractivity contribution < 1.29 is 14.6 Å². The van der Waals surface area contributed by atoms with Gasteiger partial charge in [0, 0.05) is 5.02 Å². The van der Waals surface area contributed by atoms with E-state index in [0.29, 0.717) is 5.02 Å². The number of esters is 1. The smallest absolute Gasteiger partial charge is 0.312 e. The molecule has 0 heterocycles. The third kappa shape index (κ3) is 2.70. The van der Waals surface area contributed by atoms with E-state index in [9.17, 15) is 9.90 Å². The van der Waals surface area contributed by atoms with Crippen LogP contribution in [0.15, 0.2) is 24.3 Å². The van der Waals surface area contributed by atoms with Gasteiger partial charge in [-0.15, -0.1) is 0 Å². The van der Waals surface area contributed by atoms with Crippen molar-refractivity contribution in [3.63, 3.8) is 0 Å². The molecule has 0 amide bonds. The topological polar surface area (TPSA) is 46.5 Å². The fourth-order valence-electron chi connectivity index (χ4n) is 3.00. The molecule has 0 saturated heterocycles. The molecule has 1 N–H and O–H groups in total. The van der Waals surface area contributed by atoms with Gasteiger partial charge in [-0.25, -0.2) is 0 Å². The second-order valence-corrected chi connectivity index (χ2v) is 6.29. The zero-order valence-electron chi connectivity index (χ0n) is 12.1. The van der Waals surface area contributed by atoms with E-state index in [2.05, 4.69) is 0 Å². The lowest BCUT2D eigenvalue weighted by atomic mass is 9.72. The van der Waals surface area contributed by atoms with Crippen LogP contribution in [0.4, 0.5) is 0 Å². The lowest BCUT2D eigenvalue weighted by Crippen LogP contribution is -2.45. The maximum absolute atomic E-state index is 12.2. The van der Waals surface area contributed by atoms with Gasteiger partial charge >= 0.3 is 5.97 Å². The lowest BCUT2D eigenvalue weighted by Gasteiger charge is -2.37. The van der Waals surface area contributed by atoms with Crippen molar-refractivity contribution in [1.82, 2.24) is 0 Å². The van der Waals surface area contributed by atoms with Crippen LogP contribution in [0.25, 0.3) is 0 Å². The molecular weight excluding hydrogens is 276 g/mol. The summed E-state index contributed by atoms with van der Waals surface area (Å²) in [7, 11) is 1.37. The zero-order valence-corrected chi connectivity index (χ0v) is 12.9. The number of hydrogen-bond donors (Lipinski definition) is 1. The van der Waals surface area contributed by atoms with Gasteiger partial charge in [0.05, 0.1) is 13.0 Å². The summed E-state index contributed by atoms with van der Waals surface area (Å²) in [5, 5.41) is 11.9. The minimum absolute atomic E-state index is 0.0104. The number of hydrogen-bond acceptors (Lipinski definition) is 3. The molecule has 1 aliphatic carbocycles. The molecule has 0 radical (unpaired) electrons. The van der Waals surface area contributed by atoms with Gasteiger partial charge < -0.3 is 9.84 Å². The van der Waals surface area contributed by atoms with Gasteiger partial charge in [0.25, 0.3) is 0 Å². The van der Waals surface area contributed by atoms with Crippen LogP contribution in [-0.2, 0) is 15.1 Å². The summed E-state index contributed by atoms with van der Waals surface area (Å²) in [4.78, 5) is 12.2. The second kappa shape index (κ2) is 5.74. The SMILES string of the molecule is COC(=O)C(C(C)C)C(O)(c1ccc(Cl)cc1)C1CC1. The Labute approximate surface area is 124 Å². The maximum atomic E-state index is 12.2. The number of carbonyl (C=O) groups excluding carboxylic acids is 1. The molecular formula is C16H21ClO3. The lowest BCUT2D eigenvalue weighted by molar-refractivity contribution is -0.163. The molecule has 4 heteroatoms. The van der Waals surface area contributed by atoms with Gasteiger partial charge in [0.15, 0.2) is 0 Å². The fourth-order valence-corrected chi connectivity index (χ4v) is 3.12. The van der Waals surface area contributed by atoms with Crippen molar-refractivity contribution in [2.24, 2.45) is 17.8 Å². The quantitative estimate of drug-likeness (QED) is 0.847. The van der Waals surface area contributed by atoms with Crippen molar-refractivity contribution in [3.05, 3.63) is 34.9 Å². The van der Waals surface area contributed by atoms with Gasteiger partial charge in [0.2, 0.25) is 0 Å². The Kier molecular flexibility index (Phi) is 4.40. The molecule has 20 heavy (non-hydrogen) atoms. The van der Waals surface area contributed by atoms with Gasteiger partial charge in [-0.05, 0) is 42.4 Å². The summed E-state index contributed by atoms with van der Waals surface area (Å²) in [6, 6.07) is 7.11. The van der Waals surface area contributed by atoms with Gasteiger partial charge in [-0.2, -0.15) is 0 Å². The molecule has 2 atom stereocenters. The molecule has 110 valence electrons. The number of halogens is 1. The van der Waals surface area contributed by atoms with E-state index in [1.165, 1.54) is 7.11 Å². The van der Waals surface area contributed by atoms with Crippen LogP contribution >= 0.6 is 11.6 Å². The number of rotatable bonds is 5. The molecule has 3 nitrogen and oxygen atoms in total. The predicted octanol–water partition coefficient (Wildman–Crippen LogP) is 3.38. The third-order valence-corrected chi connectivity index (χ3v) is 4.35. The molecule has 2 unspecified atom stereocenters. The first-order chi connectivity index (χ1) is 9.41. The van der Waals surface area contributed by atoms with Gasteiger partial charge in [-0.3, -0.25) is 4.79 Å². The summed E-state index contributed by atoms with van der Waals surface area (Å²) in [5.41, 5.74) is -0.431. The maximum Gasteiger partial charge on any atom is 0.312 e. The van der Waals surface area contributed by atoms with E-state index in [4.69, 9.17) is 16.3 Å². The molecule has 0 aromatic heterocycles. The van der Waals surface area contributed by atoms with Crippen LogP contribution in [0.5, 0.6) is 0 Å². The molecule has 1 aliphatic rings. The first-order valence-corrected chi connectivity index (χ1v) is 7.35. The summed E-state index contributed by atoms with van der Waals surface area (Å²) in [6.07, 6.45) is 1.86. The van der Waals surface area contributed by atoms with Gasteiger partial charge in [-0.1, -0.05) is 37.6 Å². The highest BCUT2D eigenvalue weighted by molar-refractivity contribution is 6.30. The fraction of sp³-hybridized carbons (Fsp3) is 0.562. The van der Waals surface area contributed by atoms with Crippen LogP contribution in [0.3, 0.4) is 0 Å². The van der Waals surface area contributed by atoms with Crippen molar-refractivity contribution in [2.45, 2.75) is 32.3 Å². The first-order valence-electron chi connectivity index (χ1n) is 6.97. The highest BCUT2D eigenvalue weighted by atomic mass is 35.5. The van der Waals surface area contributed by atoms with Crippen molar-refractivity contribution >= 4 is 17.6 Å². The average Bonchev–Trinajstić information content (AvgIpc) is 3.23. The van der Waals surface area contributed by atoms with E-state index in [-0.39, 0.29) is 17.8 Å². The summed E-state index contributed by atoms with van der Waals surface area (Å²) >= 11 is 5.92. The monoisotopic (exact) mass is 296 g/mol. The number of methoxy groups -OCH3 is 1. The number of carbonyl (C=O) groups is 1. The van der Waals surface area contributed by atoms with Crippen LogP contribution in [-0.4, -0.2) is 18.2 Å². The van der Waals surface area contributed by atoms with Crippen LogP contribution < -0.4 is 0 Å². The first kappa shape index (κ1) is 15.3. The minimum Gasteiger partial charge on any atom is -0.469 e. The summed E-state index contributed by atoms with van der Waals surface area (Å²) < 4.78 is 4.92. The van der Waals surface area contributed by atoms with Crippen molar-refractivity contribution in [2.75, 3.05) is 7.11 Å². The molecule has 1 aromatic rings. The Morgan fingerprint density at radius 1 is 1.35 bits per heavy atom. The average molecular weight is 297 g/mol. The standard InChI is InChI=1S/C16H21ClO3/c1-10(2)14(15(18)20-3)16(19,11-4-5-11)12-6-8-13(17)9-7-12/h6-11,14,19H,4-5H2,1-3H3. The Morgan fingerprint density at radius 2 is 1.90 bits per heavy atom. The van der Waals surface area contributed by atoms with Crippen molar-refractivity contribution in [3.8, 4) is 0 Å². The predicted molar refractivity (Wildman–Crippen MR) is 78.4 cm³/mol. The highest BCUT2D eigenvalue weighted by Crippen LogP contribution is 2.52. The third-order valence-electron chi connectivity index (χ3n) is 4.10. The number of benzene rings is 1. The van der Waals surface area contributed by atoms with Gasteiger partial charge in [0.1, 0.15) is 5.60 Å². The molecule has 1 aromatic carbocycles. The molecule has 0 bridgehead atoms. The minimum atomic E-state index is -1.17.